The number of allylic oxidation sites excluding steroid dienone is 2. The normalized spacial score (nSPS) is 24.6. The number of nitrogens with zero attached hydrogens (tertiary/aromatic N) is 1. The lowest BCUT2D eigenvalue weighted by Crippen LogP contribution is -2.36. The van der Waals surface area contributed by atoms with Gasteiger partial charge in [-0.05, 0) is 80.3 Å². The number of aryl methyl sites for hydroxylation is 1. The van der Waals surface area contributed by atoms with Gasteiger partial charge in [0, 0.05) is 35.2 Å². The van der Waals surface area contributed by atoms with Crippen LogP contribution in [0.4, 0.5) is 17.1 Å². The summed E-state index contributed by atoms with van der Waals surface area (Å²) >= 11 is 6.15. The van der Waals surface area contributed by atoms with Crippen molar-refractivity contribution in [1.29, 1.82) is 0 Å². The average Bonchev–Trinajstić information content (AvgIpc) is 3.49. The largest absolute Gasteiger partial charge is 0.481 e. The minimum Gasteiger partial charge on any atom is -0.481 e. The summed E-state index contributed by atoms with van der Waals surface area (Å²) in [5.74, 6) is -3.06. The highest BCUT2D eigenvalue weighted by molar-refractivity contribution is 6.31. The fourth-order valence-electron chi connectivity index (χ4n) is 5.87. The molecule has 0 aromatic heterocycles. The lowest BCUT2D eigenvalue weighted by atomic mass is 9.82. The van der Waals surface area contributed by atoms with Crippen LogP contribution in [0.15, 0.2) is 48.6 Å². The number of rotatable bonds is 6. The maximum absolute atomic E-state index is 13.5. The smallest absolute Gasteiger partial charge is 0.307 e. The highest BCUT2D eigenvalue weighted by atomic mass is 35.5. The lowest BCUT2D eigenvalue weighted by molar-refractivity contribution is -0.146. The Bertz CT molecular complexity index is 1240. The molecule has 5 rings (SSSR count). The Balaban J connectivity index is 1.43. The molecular weight excluding hydrogens is 478 g/mol. The van der Waals surface area contributed by atoms with Gasteiger partial charge in [0.2, 0.25) is 5.91 Å². The summed E-state index contributed by atoms with van der Waals surface area (Å²) in [5.41, 5.74) is 3.27. The highest BCUT2D eigenvalue weighted by Crippen LogP contribution is 2.48. The van der Waals surface area contributed by atoms with Crippen LogP contribution in [0.5, 0.6) is 0 Å². The van der Waals surface area contributed by atoms with Crippen LogP contribution in [0.1, 0.15) is 41.6 Å². The standard InChI is InChI=1S/C28H30ClN3O4/c1-16-5-8-19(29)14-22(16)31-26(33)21-15-20(9-10-23(21)32-11-3-2-4-12-32)30-27(34)24-17-6-7-18(13-17)25(24)28(35)36/h5-10,14-15,17-18,24-25H,2-4,11-13H2,1H3,(H,30,34)(H,31,33)(H,35,36)/t17-,18-,24+,25-/m0/s1. The van der Waals surface area contributed by atoms with Crippen LogP contribution in [0, 0.1) is 30.6 Å². The number of carboxylic acid groups (broad SMARTS) is 1. The maximum Gasteiger partial charge on any atom is 0.307 e. The average molecular weight is 508 g/mol. The van der Waals surface area contributed by atoms with E-state index in [4.69, 9.17) is 11.6 Å². The molecule has 36 heavy (non-hydrogen) atoms. The number of hydrogen-bond donors (Lipinski definition) is 3. The van der Waals surface area contributed by atoms with E-state index in [9.17, 15) is 19.5 Å². The first-order valence-corrected chi connectivity index (χ1v) is 12.9. The van der Waals surface area contributed by atoms with Crippen LogP contribution in [-0.2, 0) is 9.59 Å². The Morgan fingerprint density at radius 1 is 0.944 bits per heavy atom. The third-order valence-corrected chi connectivity index (χ3v) is 7.94. The van der Waals surface area contributed by atoms with Crippen molar-refractivity contribution < 1.29 is 19.5 Å². The number of halogens is 1. The van der Waals surface area contributed by atoms with Gasteiger partial charge in [-0.2, -0.15) is 0 Å². The second kappa shape index (κ2) is 9.97. The van der Waals surface area contributed by atoms with Crippen LogP contribution in [0.2, 0.25) is 5.02 Å². The molecule has 2 bridgehead atoms. The molecule has 4 atom stereocenters. The van der Waals surface area contributed by atoms with Gasteiger partial charge < -0.3 is 20.6 Å². The molecule has 0 unspecified atom stereocenters. The van der Waals surface area contributed by atoms with Crippen molar-refractivity contribution in [2.75, 3.05) is 28.6 Å². The third-order valence-electron chi connectivity index (χ3n) is 7.70. The van der Waals surface area contributed by atoms with E-state index < -0.39 is 17.8 Å². The number of carboxylic acids is 1. The van der Waals surface area contributed by atoms with Crippen LogP contribution in [0.3, 0.4) is 0 Å². The van der Waals surface area contributed by atoms with E-state index in [1.54, 1.807) is 24.3 Å². The van der Waals surface area contributed by atoms with Gasteiger partial charge in [-0.25, -0.2) is 0 Å². The molecular formula is C28H30ClN3O4. The summed E-state index contributed by atoms with van der Waals surface area (Å²) in [6, 6.07) is 10.7. The summed E-state index contributed by atoms with van der Waals surface area (Å²) in [6.45, 7) is 3.62. The Labute approximate surface area is 215 Å². The number of benzene rings is 2. The number of carbonyl (C=O) groups is 3. The zero-order chi connectivity index (χ0) is 25.4. The summed E-state index contributed by atoms with van der Waals surface area (Å²) < 4.78 is 0. The van der Waals surface area contributed by atoms with Crippen molar-refractivity contribution >= 4 is 46.4 Å². The fraction of sp³-hybridized carbons (Fsp3) is 0.393. The molecule has 2 aliphatic carbocycles. The van der Waals surface area contributed by atoms with Crippen molar-refractivity contribution in [2.24, 2.45) is 23.7 Å². The number of hydrogen-bond acceptors (Lipinski definition) is 4. The fourth-order valence-corrected chi connectivity index (χ4v) is 6.04. The molecule has 3 N–H and O–H groups in total. The number of aliphatic carboxylic acids is 1. The molecule has 1 saturated heterocycles. The lowest BCUT2D eigenvalue weighted by Gasteiger charge is -2.31. The van der Waals surface area contributed by atoms with Crippen LogP contribution >= 0.6 is 11.6 Å². The van der Waals surface area contributed by atoms with Crippen LogP contribution < -0.4 is 15.5 Å². The van der Waals surface area contributed by atoms with Crippen LogP contribution in [0.25, 0.3) is 0 Å². The molecule has 7 nitrogen and oxygen atoms in total. The maximum atomic E-state index is 13.5. The zero-order valence-corrected chi connectivity index (χ0v) is 20.9. The monoisotopic (exact) mass is 507 g/mol. The van der Waals surface area contributed by atoms with Crippen molar-refractivity contribution in [2.45, 2.75) is 32.6 Å². The molecule has 2 amide bonds. The number of amides is 2. The molecule has 0 spiro atoms. The third kappa shape index (κ3) is 4.72. The first-order valence-electron chi connectivity index (χ1n) is 12.5. The number of fused-ring (bicyclic) bond motifs is 2. The molecule has 8 heteroatoms. The van der Waals surface area contributed by atoms with Crippen molar-refractivity contribution in [3.8, 4) is 0 Å². The van der Waals surface area contributed by atoms with Crippen LogP contribution in [-0.4, -0.2) is 36.0 Å². The molecule has 1 saturated carbocycles. The molecule has 2 aromatic rings. The van der Waals surface area contributed by atoms with Gasteiger partial charge in [0.15, 0.2) is 0 Å². The molecule has 1 aliphatic heterocycles. The Morgan fingerprint density at radius 2 is 1.67 bits per heavy atom. The predicted molar refractivity (Wildman–Crippen MR) is 141 cm³/mol. The zero-order valence-electron chi connectivity index (χ0n) is 20.2. The van der Waals surface area contributed by atoms with Crippen molar-refractivity contribution in [3.05, 3.63) is 64.7 Å². The second-order valence-electron chi connectivity index (χ2n) is 10.0. The molecule has 1 heterocycles. The Hall–Kier alpha value is -3.32. The molecule has 188 valence electrons. The quantitative estimate of drug-likeness (QED) is 0.458. The topological polar surface area (TPSA) is 98.7 Å². The Morgan fingerprint density at radius 3 is 2.39 bits per heavy atom. The van der Waals surface area contributed by atoms with Gasteiger partial charge in [0.05, 0.1) is 17.4 Å². The van der Waals surface area contributed by atoms with Gasteiger partial charge in [-0.15, -0.1) is 0 Å². The van der Waals surface area contributed by atoms with Gasteiger partial charge in [-0.3, -0.25) is 14.4 Å². The number of piperidine rings is 1. The minimum absolute atomic E-state index is 0.0719. The van der Waals surface area contributed by atoms with E-state index in [1.807, 2.05) is 31.2 Å². The van der Waals surface area contributed by atoms with Crippen molar-refractivity contribution in [3.63, 3.8) is 0 Å². The predicted octanol–water partition coefficient (Wildman–Crippen LogP) is 5.35. The van der Waals surface area contributed by atoms with E-state index in [0.717, 1.165) is 43.6 Å². The van der Waals surface area contributed by atoms with E-state index in [-0.39, 0.29) is 23.7 Å². The molecule has 2 aromatic carbocycles. The summed E-state index contributed by atoms with van der Waals surface area (Å²) in [7, 11) is 0. The van der Waals surface area contributed by atoms with Gasteiger partial charge in [-0.1, -0.05) is 29.8 Å². The number of anilines is 3. The first-order chi connectivity index (χ1) is 17.3. The second-order valence-corrected chi connectivity index (χ2v) is 10.5. The number of carbonyl (C=O) groups excluding carboxylic acids is 2. The minimum atomic E-state index is -0.940. The molecule has 3 aliphatic rings. The Kier molecular flexibility index (Phi) is 6.75. The van der Waals surface area contributed by atoms with E-state index in [2.05, 4.69) is 15.5 Å². The van der Waals surface area contributed by atoms with Gasteiger partial charge >= 0.3 is 5.97 Å². The summed E-state index contributed by atoms with van der Waals surface area (Å²) in [4.78, 5) is 40.8. The van der Waals surface area contributed by atoms with Gasteiger partial charge in [0.1, 0.15) is 0 Å². The van der Waals surface area contributed by atoms with E-state index in [1.165, 1.54) is 0 Å². The van der Waals surface area contributed by atoms with E-state index in [0.29, 0.717) is 28.4 Å². The molecule has 0 radical (unpaired) electrons. The molecule has 2 fully saturated rings. The summed E-state index contributed by atoms with van der Waals surface area (Å²) in [6.07, 6.45) is 7.84. The van der Waals surface area contributed by atoms with Crippen molar-refractivity contribution in [1.82, 2.24) is 0 Å². The highest BCUT2D eigenvalue weighted by Gasteiger charge is 2.51. The number of nitrogens with one attached hydrogen (secondary N) is 2. The van der Waals surface area contributed by atoms with E-state index >= 15 is 0 Å². The SMILES string of the molecule is Cc1ccc(Cl)cc1NC(=O)c1cc(NC(=O)[C@H]2[C@@H](C(=O)O)[C@H]3C=C[C@H]2C3)ccc1N1CCCCC1. The first kappa shape index (κ1) is 24.4. The van der Waals surface area contributed by atoms with Gasteiger partial charge in [0.25, 0.3) is 5.91 Å². The summed E-state index contributed by atoms with van der Waals surface area (Å²) in [5, 5.41) is 16.1.